The molecule has 0 rings (SSSR count). The topological polar surface area (TPSA) is 46.2 Å². The minimum Gasteiger partial charge on any atom is -0.215 e. The van der Waals surface area contributed by atoms with Crippen molar-refractivity contribution in [1.82, 2.24) is 4.72 Å². The first-order valence-electron chi connectivity index (χ1n) is 3.07. The highest BCUT2D eigenvalue weighted by Crippen LogP contribution is 1.92. The van der Waals surface area contributed by atoms with E-state index < -0.39 is 10.0 Å². The van der Waals surface area contributed by atoms with Gasteiger partial charge in [0.1, 0.15) is 0 Å². The maximum atomic E-state index is 10.5. The zero-order valence-corrected chi connectivity index (χ0v) is 8.91. The van der Waals surface area contributed by atoms with E-state index in [2.05, 4.69) is 27.3 Å². The van der Waals surface area contributed by atoms with Gasteiger partial charge in [0, 0.05) is 6.54 Å². The fraction of sp³-hybridized carbons (Fsp3) is 1.00. The second kappa shape index (κ2) is 5.31. The van der Waals surface area contributed by atoms with Crippen LogP contribution < -0.4 is 4.72 Å². The molecular formula is C5H12INO2S. The predicted octanol–water partition coefficient (Wildman–Crippen LogP) is 0.751. The first-order valence-corrected chi connectivity index (χ1v) is 6.48. The molecule has 0 bridgehead atoms. The van der Waals surface area contributed by atoms with Gasteiger partial charge >= 0.3 is 0 Å². The van der Waals surface area contributed by atoms with Crippen LogP contribution in [0.25, 0.3) is 0 Å². The average molecular weight is 277 g/mol. The monoisotopic (exact) mass is 277 g/mol. The molecule has 0 spiro atoms. The van der Waals surface area contributed by atoms with Gasteiger partial charge in [-0.25, -0.2) is 13.1 Å². The normalized spacial score (nSPS) is 11.8. The molecule has 10 heavy (non-hydrogen) atoms. The van der Waals surface area contributed by atoms with Crippen molar-refractivity contribution in [1.29, 1.82) is 0 Å². The van der Waals surface area contributed by atoms with Gasteiger partial charge in [0.2, 0.25) is 10.0 Å². The minimum atomic E-state index is -2.96. The Hall–Kier alpha value is 0.640. The Kier molecular flexibility index (Phi) is 5.65. The number of halogens is 1. The molecule has 0 atom stereocenters. The summed E-state index contributed by atoms with van der Waals surface area (Å²) in [4.78, 5) is 0. The van der Waals surface area contributed by atoms with Crippen LogP contribution in [0.5, 0.6) is 0 Å². The lowest BCUT2D eigenvalue weighted by molar-refractivity contribution is 0.585. The van der Waals surface area contributed by atoms with E-state index in [9.17, 15) is 8.42 Å². The van der Waals surface area contributed by atoms with Crippen LogP contribution in [0.15, 0.2) is 0 Å². The SMILES string of the molecule is CS(=O)(=O)NCCCCI. The summed E-state index contributed by atoms with van der Waals surface area (Å²) in [6.45, 7) is 0.571. The Balaban J connectivity index is 3.21. The van der Waals surface area contributed by atoms with Gasteiger partial charge in [-0.05, 0) is 17.3 Å². The minimum absolute atomic E-state index is 0.571. The van der Waals surface area contributed by atoms with Gasteiger partial charge in [0.15, 0.2) is 0 Å². The molecule has 5 heteroatoms. The number of nitrogens with one attached hydrogen (secondary N) is 1. The van der Waals surface area contributed by atoms with Crippen LogP contribution in [0.2, 0.25) is 0 Å². The van der Waals surface area contributed by atoms with Gasteiger partial charge in [-0.2, -0.15) is 0 Å². The molecule has 0 unspecified atom stereocenters. The van der Waals surface area contributed by atoms with Crippen LogP contribution in [0.1, 0.15) is 12.8 Å². The highest BCUT2D eigenvalue weighted by molar-refractivity contribution is 14.1. The molecule has 0 saturated carbocycles. The summed E-state index contributed by atoms with van der Waals surface area (Å²) in [6.07, 6.45) is 3.18. The molecular weight excluding hydrogens is 265 g/mol. The molecule has 0 aliphatic carbocycles. The third kappa shape index (κ3) is 8.64. The molecule has 0 heterocycles. The molecule has 0 saturated heterocycles. The van der Waals surface area contributed by atoms with Crippen LogP contribution in [0.4, 0.5) is 0 Å². The number of alkyl halides is 1. The van der Waals surface area contributed by atoms with Crippen LogP contribution in [0, 0.1) is 0 Å². The van der Waals surface area contributed by atoms with Gasteiger partial charge in [0.05, 0.1) is 6.26 Å². The summed E-state index contributed by atoms with van der Waals surface area (Å²) in [5.74, 6) is 0. The maximum Gasteiger partial charge on any atom is 0.208 e. The average Bonchev–Trinajstić information content (AvgIpc) is 1.78. The lowest BCUT2D eigenvalue weighted by Gasteiger charge is -1.98. The lowest BCUT2D eigenvalue weighted by atomic mass is 10.3. The second-order valence-electron chi connectivity index (χ2n) is 2.06. The predicted molar refractivity (Wildman–Crippen MR) is 51.0 cm³/mol. The van der Waals surface area contributed by atoms with E-state index in [0.29, 0.717) is 6.54 Å². The summed E-state index contributed by atoms with van der Waals surface area (Å²) < 4.78 is 24.5. The zero-order valence-electron chi connectivity index (χ0n) is 5.93. The number of unbranched alkanes of at least 4 members (excludes halogenated alkanes) is 1. The van der Waals surface area contributed by atoms with Crippen molar-refractivity contribution in [3.8, 4) is 0 Å². The number of hydrogen-bond acceptors (Lipinski definition) is 2. The Bertz CT molecular complexity index is 166. The highest BCUT2D eigenvalue weighted by Gasteiger charge is 1.97. The van der Waals surface area contributed by atoms with E-state index in [1.807, 2.05) is 0 Å². The molecule has 0 aromatic rings. The largest absolute Gasteiger partial charge is 0.215 e. The molecule has 1 N–H and O–H groups in total. The molecule has 0 aromatic carbocycles. The fourth-order valence-electron chi connectivity index (χ4n) is 0.477. The highest BCUT2D eigenvalue weighted by atomic mass is 127. The Labute approximate surface area is 75.8 Å². The van der Waals surface area contributed by atoms with E-state index in [-0.39, 0.29) is 0 Å². The first-order chi connectivity index (χ1) is 4.56. The van der Waals surface area contributed by atoms with E-state index in [0.717, 1.165) is 17.3 Å². The van der Waals surface area contributed by atoms with Gasteiger partial charge in [-0.1, -0.05) is 22.6 Å². The summed E-state index contributed by atoms with van der Waals surface area (Å²) in [5, 5.41) is 0. The third-order valence-electron chi connectivity index (χ3n) is 0.925. The Morgan fingerprint density at radius 1 is 1.40 bits per heavy atom. The van der Waals surface area contributed by atoms with Crippen LogP contribution in [-0.2, 0) is 10.0 Å². The van der Waals surface area contributed by atoms with Gasteiger partial charge in [0.25, 0.3) is 0 Å². The van der Waals surface area contributed by atoms with E-state index in [1.54, 1.807) is 0 Å². The van der Waals surface area contributed by atoms with Gasteiger partial charge in [-0.3, -0.25) is 0 Å². The van der Waals surface area contributed by atoms with E-state index in [4.69, 9.17) is 0 Å². The Morgan fingerprint density at radius 2 is 2.00 bits per heavy atom. The Morgan fingerprint density at radius 3 is 2.40 bits per heavy atom. The number of rotatable bonds is 5. The molecule has 0 amide bonds. The summed E-state index contributed by atoms with van der Waals surface area (Å²) in [7, 11) is -2.96. The van der Waals surface area contributed by atoms with Crippen molar-refractivity contribution >= 4 is 32.6 Å². The van der Waals surface area contributed by atoms with Crippen molar-refractivity contribution in [2.45, 2.75) is 12.8 Å². The van der Waals surface area contributed by atoms with Crippen molar-refractivity contribution in [3.05, 3.63) is 0 Å². The molecule has 3 nitrogen and oxygen atoms in total. The smallest absolute Gasteiger partial charge is 0.208 e. The van der Waals surface area contributed by atoms with Crippen LogP contribution >= 0.6 is 22.6 Å². The van der Waals surface area contributed by atoms with Crippen molar-refractivity contribution in [2.75, 3.05) is 17.2 Å². The fourth-order valence-corrected chi connectivity index (χ4v) is 1.53. The standard InChI is InChI=1S/C5H12INO2S/c1-10(8,9)7-5-3-2-4-6/h7H,2-5H2,1H3. The number of sulfonamides is 1. The first kappa shape index (κ1) is 10.6. The van der Waals surface area contributed by atoms with Gasteiger partial charge < -0.3 is 0 Å². The van der Waals surface area contributed by atoms with E-state index >= 15 is 0 Å². The molecule has 62 valence electrons. The summed E-state index contributed by atoms with van der Waals surface area (Å²) in [6, 6.07) is 0. The summed E-state index contributed by atoms with van der Waals surface area (Å²) in [5.41, 5.74) is 0. The molecule has 0 aromatic heterocycles. The van der Waals surface area contributed by atoms with E-state index in [1.165, 1.54) is 6.26 Å². The summed E-state index contributed by atoms with van der Waals surface area (Å²) >= 11 is 2.27. The maximum absolute atomic E-state index is 10.5. The molecule has 0 radical (unpaired) electrons. The number of hydrogen-bond donors (Lipinski definition) is 1. The van der Waals surface area contributed by atoms with Crippen molar-refractivity contribution in [3.63, 3.8) is 0 Å². The second-order valence-corrected chi connectivity index (χ2v) is 4.97. The quantitative estimate of drug-likeness (QED) is 0.458. The van der Waals surface area contributed by atoms with Gasteiger partial charge in [-0.15, -0.1) is 0 Å². The van der Waals surface area contributed by atoms with Crippen molar-refractivity contribution < 1.29 is 8.42 Å². The zero-order chi connectivity index (χ0) is 8.04. The van der Waals surface area contributed by atoms with Crippen molar-refractivity contribution in [2.24, 2.45) is 0 Å². The molecule has 0 fully saturated rings. The molecule has 0 aliphatic heterocycles. The third-order valence-corrected chi connectivity index (χ3v) is 2.42. The molecule has 0 aliphatic rings. The lowest BCUT2D eigenvalue weighted by Crippen LogP contribution is -2.22. The van der Waals surface area contributed by atoms with Crippen LogP contribution in [-0.4, -0.2) is 25.6 Å². The van der Waals surface area contributed by atoms with Crippen LogP contribution in [0.3, 0.4) is 0 Å².